The first-order valence-corrected chi connectivity index (χ1v) is 6.44. The second kappa shape index (κ2) is 7.44. The maximum atomic E-state index is 11.7. The lowest BCUT2D eigenvalue weighted by atomic mass is 10.1. The maximum Gasteiger partial charge on any atom is 0.277 e. The number of nitrogens with two attached hydrogens (primary N) is 1. The van der Waals surface area contributed by atoms with Crippen LogP contribution in [0.3, 0.4) is 0 Å². The van der Waals surface area contributed by atoms with Crippen LogP contribution in [0.1, 0.15) is 19.4 Å². The number of amides is 1. The highest BCUT2D eigenvalue weighted by Crippen LogP contribution is 2.35. The van der Waals surface area contributed by atoms with E-state index in [0.29, 0.717) is 12.1 Å². The number of nitro benzene ring substituents is 1. The van der Waals surface area contributed by atoms with Crippen molar-refractivity contribution in [2.45, 2.75) is 26.5 Å². The van der Waals surface area contributed by atoms with Crippen LogP contribution in [0.4, 0.5) is 5.69 Å². The summed E-state index contributed by atoms with van der Waals surface area (Å²) in [6.45, 7) is 3.80. The van der Waals surface area contributed by atoms with Crippen LogP contribution in [-0.2, 0) is 11.3 Å². The van der Waals surface area contributed by atoms with Crippen LogP contribution in [0.5, 0.6) is 11.5 Å². The van der Waals surface area contributed by atoms with Gasteiger partial charge in [-0.15, -0.1) is 0 Å². The van der Waals surface area contributed by atoms with Crippen LogP contribution >= 0.6 is 0 Å². The van der Waals surface area contributed by atoms with Crippen LogP contribution in [0.2, 0.25) is 0 Å². The number of rotatable bonds is 7. The van der Waals surface area contributed by atoms with E-state index in [1.165, 1.54) is 19.2 Å². The number of carbonyl (C=O) groups is 1. The lowest BCUT2D eigenvalue weighted by Gasteiger charge is -2.17. The van der Waals surface area contributed by atoms with E-state index >= 15 is 0 Å². The van der Waals surface area contributed by atoms with Crippen molar-refractivity contribution in [3.8, 4) is 11.5 Å². The van der Waals surface area contributed by atoms with Gasteiger partial charge in [0.25, 0.3) is 11.6 Å². The highest BCUT2D eigenvalue weighted by Gasteiger charge is 2.22. The maximum absolute atomic E-state index is 11.7. The molecule has 0 spiro atoms. The lowest BCUT2D eigenvalue weighted by Crippen LogP contribution is -2.36. The molecule has 0 bridgehead atoms. The smallest absolute Gasteiger partial charge is 0.277 e. The number of nitrogens with zero attached hydrogens (tertiary/aromatic N) is 1. The van der Waals surface area contributed by atoms with E-state index in [1.54, 1.807) is 13.8 Å². The minimum absolute atomic E-state index is 0.00116. The normalized spacial score (nSPS) is 11.6. The molecular formula is C13H19N3O5. The number of nitro groups is 1. The van der Waals surface area contributed by atoms with Gasteiger partial charge in [0, 0.05) is 18.7 Å². The fourth-order valence-electron chi connectivity index (χ4n) is 1.74. The fourth-order valence-corrected chi connectivity index (χ4v) is 1.74. The monoisotopic (exact) mass is 297 g/mol. The Labute approximate surface area is 122 Å². The molecule has 8 nitrogen and oxygen atoms in total. The molecule has 0 radical (unpaired) electrons. The van der Waals surface area contributed by atoms with Gasteiger partial charge in [0.2, 0.25) is 0 Å². The third-order valence-corrected chi connectivity index (χ3v) is 2.81. The molecule has 8 heteroatoms. The van der Waals surface area contributed by atoms with Crippen molar-refractivity contribution in [1.82, 2.24) is 5.32 Å². The number of carbonyl (C=O) groups excluding carboxylic acids is 1. The average molecular weight is 297 g/mol. The summed E-state index contributed by atoms with van der Waals surface area (Å²) in [5.41, 5.74) is 5.64. The van der Waals surface area contributed by atoms with Crippen molar-refractivity contribution in [2.24, 2.45) is 5.73 Å². The Balaban J connectivity index is 3.13. The Hall–Kier alpha value is -2.35. The molecular weight excluding hydrogens is 278 g/mol. The molecule has 1 rings (SSSR count). The van der Waals surface area contributed by atoms with E-state index in [0.717, 1.165) is 0 Å². The Morgan fingerprint density at radius 3 is 2.62 bits per heavy atom. The fraction of sp³-hybridized carbons (Fsp3) is 0.462. The minimum Gasteiger partial charge on any atom is -0.493 e. The summed E-state index contributed by atoms with van der Waals surface area (Å²) < 4.78 is 10.6. The number of hydrogen-bond donors (Lipinski definition) is 2. The first-order chi connectivity index (χ1) is 9.94. The molecule has 0 saturated heterocycles. The van der Waals surface area contributed by atoms with Gasteiger partial charge in [0.1, 0.15) is 0 Å². The second-order valence-electron chi connectivity index (χ2n) is 4.25. The third kappa shape index (κ3) is 4.06. The zero-order valence-electron chi connectivity index (χ0n) is 12.2. The number of hydrogen-bond acceptors (Lipinski definition) is 6. The van der Waals surface area contributed by atoms with Gasteiger partial charge in [-0.25, -0.2) is 0 Å². The number of benzene rings is 1. The molecule has 1 amide bonds. The van der Waals surface area contributed by atoms with E-state index < -0.39 is 11.0 Å². The molecule has 0 fully saturated rings. The van der Waals surface area contributed by atoms with Crippen molar-refractivity contribution in [2.75, 3.05) is 13.7 Å². The first-order valence-electron chi connectivity index (χ1n) is 6.44. The van der Waals surface area contributed by atoms with Crippen LogP contribution in [0.25, 0.3) is 0 Å². The largest absolute Gasteiger partial charge is 0.493 e. The van der Waals surface area contributed by atoms with Gasteiger partial charge < -0.3 is 20.5 Å². The minimum atomic E-state index is -0.804. The molecule has 0 aliphatic heterocycles. The molecule has 0 aliphatic rings. The van der Waals surface area contributed by atoms with E-state index in [1.807, 2.05) is 0 Å². The molecule has 1 atom stereocenters. The quantitative estimate of drug-likeness (QED) is 0.572. The van der Waals surface area contributed by atoms with E-state index in [4.69, 9.17) is 15.2 Å². The SMILES string of the molecule is CCNC(=O)C(C)Oc1cc([N+](=O)[O-])c(CN)cc1OC. The first kappa shape index (κ1) is 16.7. The summed E-state index contributed by atoms with van der Waals surface area (Å²) in [6, 6.07) is 2.66. The molecule has 0 aliphatic carbocycles. The predicted octanol–water partition coefficient (Wildman–Crippen LogP) is 0.965. The second-order valence-corrected chi connectivity index (χ2v) is 4.25. The van der Waals surface area contributed by atoms with Crippen molar-refractivity contribution >= 4 is 11.6 Å². The Morgan fingerprint density at radius 1 is 1.48 bits per heavy atom. The van der Waals surface area contributed by atoms with Gasteiger partial charge in [-0.2, -0.15) is 0 Å². The summed E-state index contributed by atoms with van der Waals surface area (Å²) in [4.78, 5) is 22.1. The van der Waals surface area contributed by atoms with E-state index in [-0.39, 0.29) is 29.6 Å². The molecule has 1 unspecified atom stereocenters. The van der Waals surface area contributed by atoms with Crippen molar-refractivity contribution < 1.29 is 19.2 Å². The Morgan fingerprint density at radius 2 is 2.14 bits per heavy atom. The van der Waals surface area contributed by atoms with Crippen LogP contribution in [0, 0.1) is 10.1 Å². The number of likely N-dealkylation sites (N-methyl/N-ethyl adjacent to an activating group) is 1. The van der Waals surface area contributed by atoms with Gasteiger partial charge in [0.05, 0.1) is 18.1 Å². The molecule has 21 heavy (non-hydrogen) atoms. The Bertz CT molecular complexity index is 533. The number of methoxy groups -OCH3 is 1. The standard InChI is InChI=1S/C13H19N3O5/c1-4-15-13(17)8(2)21-12-6-10(16(18)19)9(7-14)5-11(12)20-3/h5-6,8H,4,7,14H2,1-3H3,(H,15,17). The zero-order chi connectivity index (χ0) is 16.0. The Kier molecular flexibility index (Phi) is 5.92. The molecule has 0 heterocycles. The summed E-state index contributed by atoms with van der Waals surface area (Å²) in [5, 5.41) is 13.6. The van der Waals surface area contributed by atoms with Crippen LogP contribution in [0.15, 0.2) is 12.1 Å². The lowest BCUT2D eigenvalue weighted by molar-refractivity contribution is -0.385. The topological polar surface area (TPSA) is 117 Å². The summed E-state index contributed by atoms with van der Waals surface area (Å²) in [6.07, 6.45) is -0.804. The molecule has 1 aromatic carbocycles. The molecule has 116 valence electrons. The third-order valence-electron chi connectivity index (χ3n) is 2.81. The van der Waals surface area contributed by atoms with Gasteiger partial charge in [-0.1, -0.05) is 0 Å². The van der Waals surface area contributed by atoms with Crippen molar-refractivity contribution in [1.29, 1.82) is 0 Å². The summed E-state index contributed by atoms with van der Waals surface area (Å²) in [5.74, 6) is 0.0995. The number of nitrogens with one attached hydrogen (secondary N) is 1. The van der Waals surface area contributed by atoms with Crippen LogP contribution < -0.4 is 20.5 Å². The van der Waals surface area contributed by atoms with Crippen LogP contribution in [-0.4, -0.2) is 30.6 Å². The molecule has 1 aromatic rings. The molecule has 0 aromatic heterocycles. The highest BCUT2D eigenvalue weighted by atomic mass is 16.6. The zero-order valence-corrected chi connectivity index (χ0v) is 12.2. The van der Waals surface area contributed by atoms with Gasteiger partial charge in [0.15, 0.2) is 17.6 Å². The molecule has 3 N–H and O–H groups in total. The van der Waals surface area contributed by atoms with E-state index in [2.05, 4.69) is 5.32 Å². The van der Waals surface area contributed by atoms with E-state index in [9.17, 15) is 14.9 Å². The number of ether oxygens (including phenoxy) is 2. The predicted molar refractivity (Wildman–Crippen MR) is 76.3 cm³/mol. The highest BCUT2D eigenvalue weighted by molar-refractivity contribution is 5.80. The van der Waals surface area contributed by atoms with Crippen molar-refractivity contribution in [3.05, 3.63) is 27.8 Å². The van der Waals surface area contributed by atoms with Crippen molar-refractivity contribution in [3.63, 3.8) is 0 Å². The molecule has 0 saturated carbocycles. The average Bonchev–Trinajstić information content (AvgIpc) is 2.46. The van der Waals surface area contributed by atoms with Gasteiger partial charge in [-0.3, -0.25) is 14.9 Å². The summed E-state index contributed by atoms with van der Waals surface area (Å²) in [7, 11) is 1.41. The summed E-state index contributed by atoms with van der Waals surface area (Å²) >= 11 is 0. The van der Waals surface area contributed by atoms with Gasteiger partial charge in [-0.05, 0) is 19.9 Å². The van der Waals surface area contributed by atoms with Gasteiger partial charge >= 0.3 is 0 Å².